The Morgan fingerprint density at radius 2 is 2.14 bits per heavy atom. The van der Waals surface area contributed by atoms with E-state index in [4.69, 9.17) is 5.14 Å². The molecule has 3 N–H and O–H groups in total. The van der Waals surface area contributed by atoms with Crippen LogP contribution in [0.25, 0.3) is 0 Å². The van der Waals surface area contributed by atoms with Crippen molar-refractivity contribution in [2.45, 2.75) is 11.3 Å². The standard InChI is InChI=1S/C9H11NO3S/c1-2-3-7-6-8(14(10,12)13)4-5-9(7)11/h2,4-6,11H,1,3H2,(H2,10,12,13). The molecule has 0 fully saturated rings. The summed E-state index contributed by atoms with van der Waals surface area (Å²) in [5, 5.41) is 14.3. The van der Waals surface area contributed by atoms with Gasteiger partial charge in [-0.15, -0.1) is 6.58 Å². The fraction of sp³-hybridized carbons (Fsp3) is 0.111. The number of benzene rings is 1. The maximum absolute atomic E-state index is 11.0. The van der Waals surface area contributed by atoms with E-state index in [1.54, 1.807) is 6.08 Å². The molecule has 0 unspecified atom stereocenters. The van der Waals surface area contributed by atoms with Gasteiger partial charge in [-0.25, -0.2) is 13.6 Å². The number of allylic oxidation sites excluding steroid dienone is 1. The van der Waals surface area contributed by atoms with E-state index in [1.807, 2.05) is 0 Å². The lowest BCUT2D eigenvalue weighted by molar-refractivity contribution is 0.469. The summed E-state index contributed by atoms with van der Waals surface area (Å²) >= 11 is 0. The summed E-state index contributed by atoms with van der Waals surface area (Å²) in [6, 6.07) is 3.90. The van der Waals surface area contributed by atoms with E-state index < -0.39 is 10.0 Å². The van der Waals surface area contributed by atoms with Gasteiger partial charge in [-0.2, -0.15) is 0 Å². The summed E-state index contributed by atoms with van der Waals surface area (Å²) in [7, 11) is -3.71. The maximum atomic E-state index is 11.0. The van der Waals surface area contributed by atoms with Crippen molar-refractivity contribution in [2.75, 3.05) is 0 Å². The van der Waals surface area contributed by atoms with Gasteiger partial charge in [0.05, 0.1) is 4.90 Å². The van der Waals surface area contributed by atoms with Crippen LogP contribution >= 0.6 is 0 Å². The Morgan fingerprint density at radius 3 is 2.64 bits per heavy atom. The SMILES string of the molecule is C=CCc1cc(S(N)(=O)=O)ccc1O. The summed E-state index contributed by atoms with van der Waals surface area (Å²) in [4.78, 5) is -0.00727. The Labute approximate surface area is 82.7 Å². The number of nitrogens with two attached hydrogens (primary N) is 1. The van der Waals surface area contributed by atoms with Gasteiger partial charge < -0.3 is 5.11 Å². The first kappa shape index (κ1) is 10.7. The summed E-state index contributed by atoms with van der Waals surface area (Å²) in [5.41, 5.74) is 0.492. The quantitative estimate of drug-likeness (QED) is 0.728. The van der Waals surface area contributed by atoms with Crippen LogP contribution in [0.1, 0.15) is 5.56 Å². The number of aromatic hydroxyl groups is 1. The molecule has 0 spiro atoms. The molecule has 0 aromatic heterocycles. The molecule has 1 aromatic carbocycles. The first-order valence-corrected chi connectivity index (χ1v) is 5.45. The number of phenolic OH excluding ortho intramolecular Hbond substituents is 1. The van der Waals surface area contributed by atoms with Crippen LogP contribution in [0.3, 0.4) is 0 Å². The van der Waals surface area contributed by atoms with Crippen LogP contribution in [-0.2, 0) is 16.4 Å². The second kappa shape index (κ2) is 3.81. The third kappa shape index (κ3) is 2.34. The van der Waals surface area contributed by atoms with Crippen molar-refractivity contribution in [3.05, 3.63) is 36.4 Å². The molecule has 1 aromatic rings. The maximum Gasteiger partial charge on any atom is 0.238 e. The van der Waals surface area contributed by atoms with Crippen LogP contribution in [0.4, 0.5) is 0 Å². The van der Waals surface area contributed by atoms with E-state index in [1.165, 1.54) is 18.2 Å². The van der Waals surface area contributed by atoms with Gasteiger partial charge in [-0.3, -0.25) is 0 Å². The van der Waals surface area contributed by atoms with E-state index in [2.05, 4.69) is 6.58 Å². The number of hydrogen-bond acceptors (Lipinski definition) is 3. The fourth-order valence-electron chi connectivity index (χ4n) is 1.06. The van der Waals surface area contributed by atoms with Crippen molar-refractivity contribution in [3.63, 3.8) is 0 Å². The first-order valence-electron chi connectivity index (χ1n) is 3.90. The van der Waals surface area contributed by atoms with Crippen molar-refractivity contribution in [1.29, 1.82) is 0 Å². The number of rotatable bonds is 3. The van der Waals surface area contributed by atoms with Crippen LogP contribution in [0.5, 0.6) is 5.75 Å². The molecule has 1 rings (SSSR count). The average Bonchev–Trinajstić information content (AvgIpc) is 2.07. The zero-order valence-corrected chi connectivity index (χ0v) is 8.29. The second-order valence-corrected chi connectivity index (χ2v) is 4.39. The van der Waals surface area contributed by atoms with Crippen LogP contribution in [0.2, 0.25) is 0 Å². The third-order valence-corrected chi connectivity index (χ3v) is 2.65. The van der Waals surface area contributed by atoms with E-state index in [-0.39, 0.29) is 10.6 Å². The van der Waals surface area contributed by atoms with Gasteiger partial charge in [-0.05, 0) is 30.2 Å². The highest BCUT2D eigenvalue weighted by atomic mass is 32.2. The molecule has 4 nitrogen and oxygen atoms in total. The lowest BCUT2D eigenvalue weighted by atomic mass is 10.1. The molecular weight excluding hydrogens is 202 g/mol. The van der Waals surface area contributed by atoms with Gasteiger partial charge in [0.2, 0.25) is 10.0 Å². The highest BCUT2D eigenvalue weighted by Crippen LogP contribution is 2.21. The molecule has 0 saturated carbocycles. The minimum atomic E-state index is -3.71. The van der Waals surface area contributed by atoms with Crippen molar-refractivity contribution in [1.82, 2.24) is 0 Å². The molecule has 0 heterocycles. The highest BCUT2D eigenvalue weighted by Gasteiger charge is 2.09. The van der Waals surface area contributed by atoms with Gasteiger partial charge in [0.25, 0.3) is 0 Å². The van der Waals surface area contributed by atoms with Gasteiger partial charge >= 0.3 is 0 Å². The first-order chi connectivity index (χ1) is 6.45. The lowest BCUT2D eigenvalue weighted by Crippen LogP contribution is -2.12. The van der Waals surface area contributed by atoms with Crippen LogP contribution in [0.15, 0.2) is 35.7 Å². The van der Waals surface area contributed by atoms with Crippen LogP contribution in [-0.4, -0.2) is 13.5 Å². The summed E-state index contributed by atoms with van der Waals surface area (Å²) in [5.74, 6) is 0.0392. The van der Waals surface area contributed by atoms with E-state index in [0.717, 1.165) is 0 Å². The van der Waals surface area contributed by atoms with Crippen LogP contribution < -0.4 is 5.14 Å². The number of phenols is 1. The van der Waals surface area contributed by atoms with Gasteiger partial charge in [-0.1, -0.05) is 6.08 Å². The topological polar surface area (TPSA) is 80.4 Å². The molecule has 0 aliphatic rings. The average molecular weight is 213 g/mol. The molecular formula is C9H11NO3S. The predicted octanol–water partition coefficient (Wildman–Crippen LogP) is 0.768. The second-order valence-electron chi connectivity index (χ2n) is 2.83. The zero-order valence-electron chi connectivity index (χ0n) is 7.47. The van der Waals surface area contributed by atoms with Crippen molar-refractivity contribution >= 4 is 10.0 Å². The van der Waals surface area contributed by atoms with Crippen molar-refractivity contribution < 1.29 is 13.5 Å². The molecule has 0 aliphatic carbocycles. The van der Waals surface area contributed by atoms with Gasteiger partial charge in [0.15, 0.2) is 0 Å². The molecule has 0 aliphatic heterocycles. The zero-order chi connectivity index (χ0) is 10.8. The van der Waals surface area contributed by atoms with Crippen LogP contribution in [0, 0.1) is 0 Å². The Morgan fingerprint density at radius 1 is 1.50 bits per heavy atom. The Hall–Kier alpha value is -1.33. The smallest absolute Gasteiger partial charge is 0.238 e. The number of hydrogen-bond donors (Lipinski definition) is 2. The summed E-state index contributed by atoms with van der Waals surface area (Å²) in [6.07, 6.45) is 1.97. The Bertz CT molecular complexity index is 451. The Balaban J connectivity index is 3.26. The van der Waals surface area contributed by atoms with E-state index >= 15 is 0 Å². The monoisotopic (exact) mass is 213 g/mol. The van der Waals surface area contributed by atoms with E-state index in [0.29, 0.717) is 12.0 Å². The molecule has 0 radical (unpaired) electrons. The van der Waals surface area contributed by atoms with Gasteiger partial charge in [0, 0.05) is 0 Å². The third-order valence-electron chi connectivity index (χ3n) is 1.74. The molecule has 0 saturated heterocycles. The molecule has 14 heavy (non-hydrogen) atoms. The number of primary sulfonamides is 1. The van der Waals surface area contributed by atoms with E-state index in [9.17, 15) is 13.5 Å². The summed E-state index contributed by atoms with van der Waals surface area (Å²) < 4.78 is 21.9. The fourth-order valence-corrected chi connectivity index (χ4v) is 1.62. The molecule has 5 heteroatoms. The molecule has 76 valence electrons. The number of sulfonamides is 1. The molecule has 0 atom stereocenters. The lowest BCUT2D eigenvalue weighted by Gasteiger charge is -2.03. The molecule has 0 bridgehead atoms. The Kier molecular flexibility index (Phi) is 2.93. The minimum Gasteiger partial charge on any atom is -0.508 e. The molecule has 0 amide bonds. The highest BCUT2D eigenvalue weighted by molar-refractivity contribution is 7.89. The minimum absolute atomic E-state index is 0.00727. The van der Waals surface area contributed by atoms with Gasteiger partial charge in [0.1, 0.15) is 5.75 Å². The van der Waals surface area contributed by atoms with Crippen molar-refractivity contribution in [2.24, 2.45) is 5.14 Å². The summed E-state index contributed by atoms with van der Waals surface area (Å²) in [6.45, 7) is 3.50. The van der Waals surface area contributed by atoms with Crippen molar-refractivity contribution in [3.8, 4) is 5.75 Å². The normalized spacial score (nSPS) is 11.2. The largest absolute Gasteiger partial charge is 0.508 e. The predicted molar refractivity (Wildman–Crippen MR) is 53.4 cm³/mol.